The first kappa shape index (κ1) is 16.0. The van der Waals surface area contributed by atoms with E-state index in [0.717, 1.165) is 37.8 Å². The molecule has 2 N–H and O–H groups in total. The Balaban J connectivity index is 1.78. The van der Waals surface area contributed by atoms with E-state index in [4.69, 9.17) is 16.7 Å². The largest absolute Gasteiger partial charge is 0.396 e. The molecule has 1 aromatic heterocycles. The maximum absolute atomic E-state index is 12.2. The van der Waals surface area contributed by atoms with E-state index in [9.17, 15) is 4.79 Å². The van der Waals surface area contributed by atoms with Crippen LogP contribution in [0, 0.1) is 0 Å². The fourth-order valence-corrected chi connectivity index (χ4v) is 2.80. The summed E-state index contributed by atoms with van der Waals surface area (Å²) in [4.78, 5) is 18.1. The number of pyridine rings is 1. The number of carbonyl (C=O) groups excluding carboxylic acids is 1. The third kappa shape index (κ3) is 4.86. The van der Waals surface area contributed by atoms with Crippen LogP contribution in [0.5, 0.6) is 0 Å². The molecule has 0 spiro atoms. The maximum atomic E-state index is 12.2. The molecule has 1 aliphatic heterocycles. The number of aliphatic hydroxyl groups excluding tert-OH is 1. The highest BCUT2D eigenvalue weighted by atomic mass is 35.5. The molecule has 2 heterocycles. The number of nitrogens with zero attached hydrogens (tertiary/aromatic N) is 2. The molecule has 0 aliphatic carbocycles. The number of amides is 2. The zero-order valence-corrected chi connectivity index (χ0v) is 12.9. The van der Waals surface area contributed by atoms with Crippen molar-refractivity contribution >= 4 is 17.6 Å². The Kier molecular flexibility index (Phi) is 6.26. The van der Waals surface area contributed by atoms with Crippen LogP contribution in [0.4, 0.5) is 4.79 Å². The Morgan fingerprint density at radius 1 is 1.48 bits per heavy atom. The monoisotopic (exact) mass is 311 g/mol. The molecule has 1 fully saturated rings. The summed E-state index contributed by atoms with van der Waals surface area (Å²) in [5, 5.41) is 12.5. The lowest BCUT2D eigenvalue weighted by atomic mass is 10.0. The Morgan fingerprint density at radius 3 is 3.05 bits per heavy atom. The molecule has 5 nitrogen and oxygen atoms in total. The first-order valence-electron chi connectivity index (χ1n) is 7.46. The number of halogens is 1. The number of hydrogen-bond donors (Lipinski definition) is 2. The van der Waals surface area contributed by atoms with Crippen molar-refractivity contribution < 1.29 is 9.90 Å². The van der Waals surface area contributed by atoms with Crippen LogP contribution in [-0.2, 0) is 6.42 Å². The molecule has 0 bridgehead atoms. The number of aliphatic hydroxyl groups is 1. The second kappa shape index (κ2) is 8.20. The summed E-state index contributed by atoms with van der Waals surface area (Å²) in [5.41, 5.74) is 1.05. The molecular weight excluding hydrogens is 290 g/mol. The summed E-state index contributed by atoms with van der Waals surface area (Å²) in [6.07, 6.45) is 6.27. The quantitative estimate of drug-likeness (QED) is 0.820. The lowest BCUT2D eigenvalue weighted by Gasteiger charge is -2.35. The zero-order chi connectivity index (χ0) is 15.1. The van der Waals surface area contributed by atoms with Crippen molar-refractivity contribution in [2.24, 2.45) is 0 Å². The Bertz CT molecular complexity index is 451. The van der Waals surface area contributed by atoms with Crippen LogP contribution < -0.4 is 5.32 Å². The average molecular weight is 312 g/mol. The molecule has 0 saturated carbocycles. The van der Waals surface area contributed by atoms with Crippen molar-refractivity contribution in [3.8, 4) is 0 Å². The van der Waals surface area contributed by atoms with Crippen molar-refractivity contribution in [1.82, 2.24) is 15.2 Å². The van der Waals surface area contributed by atoms with E-state index >= 15 is 0 Å². The fraction of sp³-hybridized carbons (Fsp3) is 0.600. The van der Waals surface area contributed by atoms with Crippen molar-refractivity contribution in [2.75, 3.05) is 19.7 Å². The number of nitrogens with one attached hydrogen (secondary N) is 1. The van der Waals surface area contributed by atoms with E-state index in [1.165, 1.54) is 0 Å². The summed E-state index contributed by atoms with van der Waals surface area (Å²) >= 11 is 5.74. The van der Waals surface area contributed by atoms with Crippen LogP contribution in [0.3, 0.4) is 0 Å². The lowest BCUT2D eigenvalue weighted by molar-refractivity contribution is 0.132. The SMILES string of the molecule is O=C(NCCc1ccc(Cl)nc1)N1CCCCC1CCO. The lowest BCUT2D eigenvalue weighted by Crippen LogP contribution is -2.49. The van der Waals surface area contributed by atoms with Crippen molar-refractivity contribution in [1.29, 1.82) is 0 Å². The Morgan fingerprint density at radius 2 is 2.33 bits per heavy atom. The second-order valence-corrected chi connectivity index (χ2v) is 5.71. The summed E-state index contributed by atoms with van der Waals surface area (Å²) in [7, 11) is 0. The minimum atomic E-state index is -0.0323. The van der Waals surface area contributed by atoms with Gasteiger partial charge in [-0.1, -0.05) is 17.7 Å². The minimum absolute atomic E-state index is 0.0323. The van der Waals surface area contributed by atoms with Crippen molar-refractivity contribution in [3.05, 3.63) is 29.0 Å². The highest BCUT2D eigenvalue weighted by molar-refractivity contribution is 6.29. The number of aromatic nitrogens is 1. The van der Waals surface area contributed by atoms with Crippen LogP contribution in [0.2, 0.25) is 5.15 Å². The number of hydrogen-bond acceptors (Lipinski definition) is 3. The van der Waals surface area contributed by atoms with Crippen LogP contribution >= 0.6 is 11.6 Å². The van der Waals surface area contributed by atoms with Gasteiger partial charge in [0.05, 0.1) is 0 Å². The highest BCUT2D eigenvalue weighted by Gasteiger charge is 2.25. The first-order valence-corrected chi connectivity index (χ1v) is 7.84. The van der Waals surface area contributed by atoms with Gasteiger partial charge in [-0.3, -0.25) is 0 Å². The second-order valence-electron chi connectivity index (χ2n) is 5.33. The standard InChI is InChI=1S/C15H22ClN3O2/c16-14-5-4-12(11-18-14)6-8-17-15(21)19-9-2-1-3-13(19)7-10-20/h4-5,11,13,20H,1-3,6-10H2,(H,17,21). The topological polar surface area (TPSA) is 65.5 Å². The Hall–Kier alpha value is -1.33. The van der Waals surface area contributed by atoms with E-state index < -0.39 is 0 Å². The van der Waals surface area contributed by atoms with E-state index in [1.807, 2.05) is 11.0 Å². The van der Waals surface area contributed by atoms with Crippen LogP contribution in [0.15, 0.2) is 18.3 Å². The van der Waals surface area contributed by atoms with Gasteiger partial charge < -0.3 is 15.3 Å². The minimum Gasteiger partial charge on any atom is -0.396 e. The molecule has 1 aromatic rings. The van der Waals surface area contributed by atoms with Gasteiger partial charge in [0.1, 0.15) is 5.15 Å². The van der Waals surface area contributed by atoms with Gasteiger partial charge in [0.15, 0.2) is 0 Å². The summed E-state index contributed by atoms with van der Waals surface area (Å²) in [6, 6.07) is 3.80. The van der Waals surface area contributed by atoms with E-state index in [2.05, 4.69) is 10.3 Å². The number of urea groups is 1. The van der Waals surface area contributed by atoms with Crippen LogP contribution in [0.1, 0.15) is 31.2 Å². The third-order valence-corrected chi connectivity index (χ3v) is 4.05. The van der Waals surface area contributed by atoms with Crippen LogP contribution in [-0.4, -0.2) is 46.8 Å². The normalized spacial score (nSPS) is 18.6. The molecule has 0 aromatic carbocycles. The zero-order valence-electron chi connectivity index (χ0n) is 12.1. The Labute approximate surface area is 130 Å². The molecule has 1 atom stereocenters. The number of carbonyl (C=O) groups is 1. The van der Waals surface area contributed by atoms with Gasteiger partial charge in [-0.2, -0.15) is 0 Å². The summed E-state index contributed by atoms with van der Waals surface area (Å²) in [5.74, 6) is 0. The molecule has 1 aliphatic rings. The van der Waals surface area contributed by atoms with Gasteiger partial charge in [-0.05, 0) is 43.7 Å². The molecule has 6 heteroatoms. The molecule has 21 heavy (non-hydrogen) atoms. The van der Waals surface area contributed by atoms with Crippen molar-refractivity contribution in [3.63, 3.8) is 0 Å². The molecular formula is C15H22ClN3O2. The number of likely N-dealkylation sites (tertiary alicyclic amines) is 1. The molecule has 0 radical (unpaired) electrons. The first-order chi connectivity index (χ1) is 10.2. The van der Waals surface area contributed by atoms with Crippen molar-refractivity contribution in [2.45, 2.75) is 38.1 Å². The highest BCUT2D eigenvalue weighted by Crippen LogP contribution is 2.19. The van der Waals surface area contributed by atoms with E-state index in [0.29, 0.717) is 18.1 Å². The van der Waals surface area contributed by atoms with Gasteiger partial charge in [-0.15, -0.1) is 0 Å². The molecule has 1 saturated heterocycles. The summed E-state index contributed by atoms with van der Waals surface area (Å²) < 4.78 is 0. The van der Waals surface area contributed by atoms with Crippen LogP contribution in [0.25, 0.3) is 0 Å². The molecule has 2 amide bonds. The van der Waals surface area contributed by atoms with Gasteiger partial charge in [0.25, 0.3) is 0 Å². The maximum Gasteiger partial charge on any atom is 0.317 e. The number of rotatable bonds is 5. The number of piperidine rings is 1. The van der Waals surface area contributed by atoms with E-state index in [-0.39, 0.29) is 18.7 Å². The van der Waals surface area contributed by atoms with Gasteiger partial charge in [0, 0.05) is 31.9 Å². The fourth-order valence-electron chi connectivity index (χ4n) is 2.69. The third-order valence-electron chi connectivity index (χ3n) is 3.83. The average Bonchev–Trinajstić information content (AvgIpc) is 2.50. The smallest absolute Gasteiger partial charge is 0.317 e. The predicted molar refractivity (Wildman–Crippen MR) is 82.4 cm³/mol. The van der Waals surface area contributed by atoms with Gasteiger partial charge in [0.2, 0.25) is 0 Å². The van der Waals surface area contributed by atoms with Gasteiger partial charge >= 0.3 is 6.03 Å². The summed E-state index contributed by atoms with van der Waals surface area (Å²) in [6.45, 7) is 1.48. The molecule has 2 rings (SSSR count). The predicted octanol–water partition coefficient (Wildman–Crippen LogP) is 2.22. The van der Waals surface area contributed by atoms with Gasteiger partial charge in [-0.25, -0.2) is 9.78 Å². The molecule has 1 unspecified atom stereocenters. The molecule has 116 valence electrons. The van der Waals surface area contributed by atoms with E-state index in [1.54, 1.807) is 12.3 Å².